The molecule has 0 saturated carbocycles. The highest BCUT2D eigenvalue weighted by Gasteiger charge is 2.40. The first-order valence-corrected chi connectivity index (χ1v) is 16.4. The number of carbonyl (C=O) groups excluding carboxylic acids is 5. The average Bonchev–Trinajstić information content (AvgIpc) is 3.71. The van der Waals surface area contributed by atoms with Crippen molar-refractivity contribution in [3.63, 3.8) is 0 Å². The van der Waals surface area contributed by atoms with Crippen LogP contribution in [0.1, 0.15) is 39.6 Å². The Kier molecular flexibility index (Phi) is 10.1. The maximum Gasteiger partial charge on any atom is 0.338 e. The van der Waals surface area contributed by atoms with E-state index in [0.717, 1.165) is 4.90 Å². The third-order valence-electron chi connectivity index (χ3n) is 7.63. The van der Waals surface area contributed by atoms with E-state index in [0.29, 0.717) is 50.2 Å². The molecule has 1 fully saturated rings. The number of esters is 1. The lowest BCUT2D eigenvalue weighted by Gasteiger charge is -2.16. The molecule has 0 aromatic heterocycles. The second kappa shape index (κ2) is 15.0. The molecule has 2 heterocycles. The Morgan fingerprint density at radius 2 is 1.72 bits per heavy atom. The van der Waals surface area contributed by atoms with Crippen LogP contribution in [0.15, 0.2) is 102 Å². The normalized spacial score (nSPS) is 15.1. The lowest BCUT2D eigenvalue weighted by atomic mass is 10.1. The first-order valence-electron chi connectivity index (χ1n) is 15.5. The van der Waals surface area contributed by atoms with Gasteiger partial charge in [-0.15, -0.1) is 11.8 Å². The van der Waals surface area contributed by atoms with Gasteiger partial charge in [0.05, 0.1) is 30.2 Å². The van der Waals surface area contributed by atoms with Crippen LogP contribution in [0.3, 0.4) is 0 Å². The van der Waals surface area contributed by atoms with Gasteiger partial charge in [0.1, 0.15) is 5.70 Å². The molecule has 1 atom stereocenters. The van der Waals surface area contributed by atoms with E-state index in [1.807, 2.05) is 0 Å². The molecule has 13 heteroatoms. The van der Waals surface area contributed by atoms with Crippen molar-refractivity contribution in [1.82, 2.24) is 5.32 Å². The van der Waals surface area contributed by atoms with Gasteiger partial charge >= 0.3 is 5.97 Å². The quantitative estimate of drug-likeness (QED) is 0.118. The van der Waals surface area contributed by atoms with Gasteiger partial charge in [-0.1, -0.05) is 24.3 Å². The fraction of sp³-hybridized carbons (Fsp3) is 0.162. The predicted molar refractivity (Wildman–Crippen MR) is 185 cm³/mol. The number of amides is 4. The van der Waals surface area contributed by atoms with Gasteiger partial charge in [0.15, 0.2) is 11.5 Å². The first-order chi connectivity index (χ1) is 24.2. The molecule has 254 valence electrons. The molecule has 12 nitrogen and oxygen atoms in total. The summed E-state index contributed by atoms with van der Waals surface area (Å²) in [5, 5.41) is 4.82. The van der Waals surface area contributed by atoms with Crippen LogP contribution >= 0.6 is 11.8 Å². The van der Waals surface area contributed by atoms with Crippen LogP contribution in [-0.2, 0) is 19.1 Å². The van der Waals surface area contributed by atoms with Crippen molar-refractivity contribution in [1.29, 1.82) is 0 Å². The summed E-state index contributed by atoms with van der Waals surface area (Å²) in [5.74, 6) is -1.09. The highest BCUT2D eigenvalue weighted by molar-refractivity contribution is 8.00. The van der Waals surface area contributed by atoms with Crippen molar-refractivity contribution < 1.29 is 42.9 Å². The number of hydrogen-bond acceptors (Lipinski definition) is 10. The summed E-state index contributed by atoms with van der Waals surface area (Å²) in [6, 6.07) is 24.7. The van der Waals surface area contributed by atoms with E-state index in [2.05, 4.69) is 10.6 Å². The van der Waals surface area contributed by atoms with Crippen molar-refractivity contribution in [2.24, 2.45) is 0 Å². The molecule has 4 amide bonds. The van der Waals surface area contributed by atoms with Crippen LogP contribution in [0.25, 0.3) is 6.08 Å². The van der Waals surface area contributed by atoms with Crippen molar-refractivity contribution >= 4 is 58.8 Å². The minimum atomic E-state index is -0.709. The highest BCUT2D eigenvalue weighted by atomic mass is 32.2. The maximum absolute atomic E-state index is 13.7. The number of ether oxygens (including phenoxy) is 4. The van der Waals surface area contributed by atoms with Crippen LogP contribution in [-0.4, -0.2) is 55.4 Å². The van der Waals surface area contributed by atoms with E-state index >= 15 is 0 Å². The SMILES string of the molecule is CCOC(=O)c1ccc(N2C(=O)C[C@@H](Sc3cccc(NC(=O)/C(=C/c4cc(OC)c5c(c4)OCO5)NC(=O)c4ccccc4)c3)C2=O)cc1. The van der Waals surface area contributed by atoms with Gasteiger partial charge in [-0.3, -0.25) is 19.2 Å². The van der Waals surface area contributed by atoms with Crippen LogP contribution in [0.4, 0.5) is 11.4 Å². The van der Waals surface area contributed by atoms with Gasteiger partial charge in [0, 0.05) is 22.6 Å². The lowest BCUT2D eigenvalue weighted by molar-refractivity contribution is -0.121. The van der Waals surface area contributed by atoms with Crippen LogP contribution in [0.2, 0.25) is 0 Å². The van der Waals surface area contributed by atoms with Crippen molar-refractivity contribution in [3.8, 4) is 17.2 Å². The molecule has 2 aliphatic rings. The Morgan fingerprint density at radius 1 is 0.940 bits per heavy atom. The van der Waals surface area contributed by atoms with E-state index < -0.39 is 28.9 Å². The lowest BCUT2D eigenvalue weighted by Crippen LogP contribution is -2.31. The summed E-state index contributed by atoms with van der Waals surface area (Å²) >= 11 is 1.19. The number of nitrogens with zero attached hydrogens (tertiary/aromatic N) is 1. The molecule has 6 rings (SSSR count). The molecule has 4 aromatic carbocycles. The van der Waals surface area contributed by atoms with Gasteiger partial charge in [0.2, 0.25) is 24.4 Å². The largest absolute Gasteiger partial charge is 0.493 e. The Hall–Kier alpha value is -6.08. The molecule has 2 aliphatic heterocycles. The number of fused-ring (bicyclic) bond motifs is 1. The van der Waals surface area contributed by atoms with Crippen LogP contribution in [0, 0.1) is 0 Å². The Labute approximate surface area is 291 Å². The predicted octanol–water partition coefficient (Wildman–Crippen LogP) is 5.43. The number of thioether (sulfide) groups is 1. The van der Waals surface area contributed by atoms with E-state index in [9.17, 15) is 24.0 Å². The van der Waals surface area contributed by atoms with Gasteiger partial charge in [-0.25, -0.2) is 9.69 Å². The zero-order chi connectivity index (χ0) is 35.2. The fourth-order valence-corrected chi connectivity index (χ4v) is 6.39. The number of benzene rings is 4. The topological polar surface area (TPSA) is 150 Å². The van der Waals surface area contributed by atoms with E-state index in [1.165, 1.54) is 49.2 Å². The number of hydrogen-bond donors (Lipinski definition) is 2. The molecular weight excluding hydrogens is 662 g/mol. The summed E-state index contributed by atoms with van der Waals surface area (Å²) in [4.78, 5) is 66.9. The summed E-state index contributed by atoms with van der Waals surface area (Å²) < 4.78 is 21.4. The molecule has 0 spiro atoms. The van der Waals surface area contributed by atoms with Crippen LogP contribution in [0.5, 0.6) is 17.2 Å². The number of nitrogens with one attached hydrogen (secondary N) is 2. The molecule has 0 bridgehead atoms. The van der Waals surface area contributed by atoms with E-state index in [-0.39, 0.29) is 31.4 Å². The molecule has 2 N–H and O–H groups in total. The molecule has 0 unspecified atom stereocenters. The Bertz CT molecular complexity index is 2000. The van der Waals surface area contributed by atoms with Crippen molar-refractivity contribution in [3.05, 3.63) is 113 Å². The summed E-state index contributed by atoms with van der Waals surface area (Å²) in [6.45, 7) is 1.96. The zero-order valence-corrected chi connectivity index (χ0v) is 27.8. The molecule has 0 aliphatic carbocycles. The highest BCUT2D eigenvalue weighted by Crippen LogP contribution is 2.42. The van der Waals surface area contributed by atoms with Crippen molar-refractivity contribution in [2.75, 3.05) is 30.7 Å². The van der Waals surface area contributed by atoms with Gasteiger partial charge in [0.25, 0.3) is 11.8 Å². The molecule has 4 aromatic rings. The van der Waals surface area contributed by atoms with Gasteiger partial charge in [-0.05, 0) is 85.3 Å². The molecule has 0 radical (unpaired) electrons. The second-order valence-corrected chi connectivity index (χ2v) is 12.2. The minimum absolute atomic E-state index is 0.0220. The zero-order valence-electron chi connectivity index (χ0n) is 27.0. The third kappa shape index (κ3) is 7.47. The standard InChI is InChI=1S/C37H31N3O9S/c1-3-47-37(45)24-12-14-26(15-13-24)40-32(41)20-31(36(40)44)50-27-11-7-10-25(19-27)38-35(43)28(39-34(42)23-8-5-4-6-9-23)16-22-17-29(46-2)33-30(18-22)48-21-49-33/h4-19,31H,3,20-21H2,1-2H3,(H,38,43)(H,39,42)/b28-16-/t31-/m1/s1. The summed E-state index contributed by atoms with van der Waals surface area (Å²) in [6.07, 6.45) is 1.47. The number of carbonyl (C=O) groups is 5. The second-order valence-electron chi connectivity index (χ2n) is 11.0. The van der Waals surface area contributed by atoms with Crippen LogP contribution < -0.4 is 29.7 Å². The maximum atomic E-state index is 13.7. The van der Waals surface area contributed by atoms with E-state index in [1.54, 1.807) is 73.7 Å². The number of methoxy groups -OCH3 is 1. The van der Waals surface area contributed by atoms with Gasteiger partial charge < -0.3 is 29.6 Å². The Balaban J connectivity index is 1.19. The minimum Gasteiger partial charge on any atom is -0.493 e. The first kappa shape index (κ1) is 33.8. The average molecular weight is 694 g/mol. The molecule has 1 saturated heterocycles. The number of anilines is 2. The third-order valence-corrected chi connectivity index (χ3v) is 8.81. The number of imide groups is 1. The molecular formula is C37H31N3O9S. The van der Waals surface area contributed by atoms with Crippen molar-refractivity contribution in [2.45, 2.75) is 23.5 Å². The fourth-order valence-electron chi connectivity index (χ4n) is 5.28. The van der Waals surface area contributed by atoms with Gasteiger partial charge in [-0.2, -0.15) is 0 Å². The monoisotopic (exact) mass is 693 g/mol. The summed E-state index contributed by atoms with van der Waals surface area (Å²) in [5.41, 5.74) is 1.87. The summed E-state index contributed by atoms with van der Waals surface area (Å²) in [7, 11) is 1.48. The number of rotatable bonds is 11. The van der Waals surface area contributed by atoms with E-state index in [4.69, 9.17) is 18.9 Å². The Morgan fingerprint density at radius 3 is 2.46 bits per heavy atom. The molecule has 50 heavy (non-hydrogen) atoms. The smallest absolute Gasteiger partial charge is 0.338 e.